The Kier molecular flexibility index (Phi) is 3.08. The molecule has 1 N–H and O–H groups in total. The van der Waals surface area contributed by atoms with Gasteiger partial charge in [0.15, 0.2) is 0 Å². The van der Waals surface area contributed by atoms with Crippen LogP contribution in [-0.2, 0) is 4.79 Å². The van der Waals surface area contributed by atoms with E-state index < -0.39 is 16.4 Å². The summed E-state index contributed by atoms with van der Waals surface area (Å²) in [6.45, 7) is 2.06. The molecule has 0 spiro atoms. The zero-order chi connectivity index (χ0) is 15.2. The number of hydrogen-bond acceptors (Lipinski definition) is 6. The molecule has 2 aromatic heterocycles. The highest BCUT2D eigenvalue weighted by Crippen LogP contribution is 2.38. The molecule has 0 saturated carbocycles. The van der Waals surface area contributed by atoms with Crippen LogP contribution in [0.25, 0.3) is 4.96 Å². The highest BCUT2D eigenvalue weighted by atomic mass is 32.1. The number of carboxylic acid groups (broad SMARTS) is 1. The zero-order valence-corrected chi connectivity index (χ0v) is 12.2. The molecule has 1 unspecified atom stereocenters. The van der Waals surface area contributed by atoms with E-state index in [-0.39, 0.29) is 11.6 Å². The lowest BCUT2D eigenvalue weighted by Gasteiger charge is -2.41. The van der Waals surface area contributed by atoms with Crippen molar-refractivity contribution in [2.75, 3.05) is 11.4 Å². The lowest BCUT2D eigenvalue weighted by atomic mass is 9.88. The van der Waals surface area contributed by atoms with Crippen molar-refractivity contribution in [1.29, 1.82) is 0 Å². The Balaban J connectivity index is 2.18. The van der Waals surface area contributed by atoms with Gasteiger partial charge in [-0.2, -0.15) is 9.38 Å². The molecule has 1 aliphatic heterocycles. The van der Waals surface area contributed by atoms with Gasteiger partial charge in [-0.3, -0.25) is 0 Å². The molecule has 0 bridgehead atoms. The number of aromatic nitrogens is 2. The molecule has 0 aromatic carbocycles. The molecule has 2 aromatic rings. The van der Waals surface area contributed by atoms with Gasteiger partial charge >= 0.3 is 11.8 Å². The summed E-state index contributed by atoms with van der Waals surface area (Å²) in [5.41, 5.74) is -1.16. The van der Waals surface area contributed by atoms with Crippen LogP contribution in [-0.4, -0.2) is 37.5 Å². The summed E-state index contributed by atoms with van der Waals surface area (Å²) < 4.78 is 1.40. The first-order valence-corrected chi connectivity index (χ1v) is 7.44. The van der Waals surface area contributed by atoms with E-state index in [2.05, 4.69) is 4.98 Å². The molecule has 1 fully saturated rings. The SMILES string of the molecule is CC1(C(=O)O)CCCCN1c1nc2sccn2c1[N+](=O)[O-]. The molecule has 112 valence electrons. The zero-order valence-electron chi connectivity index (χ0n) is 11.4. The Morgan fingerprint density at radius 3 is 3.00 bits per heavy atom. The second-order valence-corrected chi connectivity index (χ2v) is 6.13. The smallest absolute Gasteiger partial charge is 0.373 e. The second kappa shape index (κ2) is 4.69. The van der Waals surface area contributed by atoms with Crippen molar-refractivity contribution >= 4 is 33.9 Å². The van der Waals surface area contributed by atoms with Crippen molar-refractivity contribution in [1.82, 2.24) is 9.38 Å². The topological polar surface area (TPSA) is 101 Å². The molecule has 1 atom stereocenters. The minimum absolute atomic E-state index is 0.149. The standard InChI is InChI=1S/C12H14N4O4S/c1-12(10(17)18)4-2-3-5-15(12)8-9(16(19)20)14-6-7-21-11(14)13-8/h6-7H,2-5H2,1H3,(H,17,18). The molecule has 0 radical (unpaired) electrons. The summed E-state index contributed by atoms with van der Waals surface area (Å²) in [5, 5.41) is 22.6. The van der Waals surface area contributed by atoms with E-state index >= 15 is 0 Å². The van der Waals surface area contributed by atoms with Crippen LogP contribution in [0.5, 0.6) is 0 Å². The Morgan fingerprint density at radius 2 is 2.33 bits per heavy atom. The fourth-order valence-electron chi connectivity index (χ4n) is 2.80. The summed E-state index contributed by atoms with van der Waals surface area (Å²) in [6.07, 6.45) is 3.61. The van der Waals surface area contributed by atoms with Crippen molar-refractivity contribution in [3.05, 3.63) is 21.7 Å². The first-order chi connectivity index (χ1) is 9.95. The molecule has 3 heterocycles. The quantitative estimate of drug-likeness (QED) is 0.688. The third-order valence-corrected chi connectivity index (χ3v) is 4.76. The number of hydrogen-bond donors (Lipinski definition) is 1. The Hall–Kier alpha value is -2.16. The fourth-order valence-corrected chi connectivity index (χ4v) is 3.50. The van der Waals surface area contributed by atoms with Crippen molar-refractivity contribution in [3.63, 3.8) is 0 Å². The average molecular weight is 310 g/mol. The lowest BCUT2D eigenvalue weighted by Crippen LogP contribution is -2.55. The van der Waals surface area contributed by atoms with E-state index in [9.17, 15) is 20.0 Å². The minimum atomic E-state index is -1.16. The normalized spacial score (nSPS) is 22.6. The number of carboxylic acids is 1. The van der Waals surface area contributed by atoms with Gasteiger partial charge in [-0.25, -0.2) is 4.79 Å². The number of piperidine rings is 1. The summed E-state index contributed by atoms with van der Waals surface area (Å²) in [7, 11) is 0. The predicted octanol–water partition coefficient (Wildman–Crippen LogP) is 2.14. The van der Waals surface area contributed by atoms with Crippen molar-refractivity contribution in [3.8, 4) is 0 Å². The molecule has 9 heteroatoms. The largest absolute Gasteiger partial charge is 0.480 e. The summed E-state index contributed by atoms with van der Waals surface area (Å²) in [6, 6.07) is 0. The van der Waals surface area contributed by atoms with Gasteiger partial charge in [0.2, 0.25) is 5.82 Å². The lowest BCUT2D eigenvalue weighted by molar-refractivity contribution is -0.389. The van der Waals surface area contributed by atoms with Crippen LogP contribution in [0.4, 0.5) is 11.6 Å². The maximum absolute atomic E-state index is 11.7. The van der Waals surface area contributed by atoms with Crippen LogP contribution in [0.3, 0.4) is 0 Å². The number of rotatable bonds is 3. The van der Waals surface area contributed by atoms with Crippen molar-refractivity contribution < 1.29 is 14.8 Å². The molecule has 3 rings (SSSR count). The Labute approximate surface area is 123 Å². The number of nitrogens with zero attached hydrogens (tertiary/aromatic N) is 4. The van der Waals surface area contributed by atoms with Crippen LogP contribution >= 0.6 is 11.3 Å². The number of anilines is 1. The Morgan fingerprint density at radius 1 is 1.57 bits per heavy atom. The van der Waals surface area contributed by atoms with Crippen molar-refractivity contribution in [2.45, 2.75) is 31.7 Å². The number of thiazole rings is 1. The summed E-state index contributed by atoms with van der Waals surface area (Å²) >= 11 is 1.29. The predicted molar refractivity (Wildman–Crippen MR) is 77.0 cm³/mol. The molecule has 1 aliphatic rings. The van der Waals surface area contributed by atoms with E-state index in [4.69, 9.17) is 0 Å². The highest BCUT2D eigenvalue weighted by molar-refractivity contribution is 7.15. The monoisotopic (exact) mass is 310 g/mol. The van der Waals surface area contributed by atoms with E-state index in [1.165, 1.54) is 15.7 Å². The van der Waals surface area contributed by atoms with Crippen LogP contribution in [0, 0.1) is 10.1 Å². The third-order valence-electron chi connectivity index (χ3n) is 4.00. The minimum Gasteiger partial charge on any atom is -0.480 e. The third kappa shape index (κ3) is 1.96. The second-order valence-electron chi connectivity index (χ2n) is 5.26. The first kappa shape index (κ1) is 13.8. The number of aliphatic carboxylic acids is 1. The van der Waals surface area contributed by atoms with Crippen LogP contribution in [0.1, 0.15) is 26.2 Å². The molecular weight excluding hydrogens is 296 g/mol. The van der Waals surface area contributed by atoms with Gasteiger partial charge in [0.25, 0.3) is 4.96 Å². The number of imidazole rings is 1. The molecule has 0 aliphatic carbocycles. The summed E-state index contributed by atoms with van der Waals surface area (Å²) in [4.78, 5) is 28.9. The number of carbonyl (C=O) groups is 1. The highest BCUT2D eigenvalue weighted by Gasteiger charge is 2.45. The van der Waals surface area contributed by atoms with E-state index in [1.54, 1.807) is 23.4 Å². The molecule has 8 nitrogen and oxygen atoms in total. The van der Waals surface area contributed by atoms with E-state index in [1.807, 2.05) is 0 Å². The van der Waals surface area contributed by atoms with Gasteiger partial charge < -0.3 is 20.1 Å². The van der Waals surface area contributed by atoms with Crippen LogP contribution in [0.2, 0.25) is 0 Å². The average Bonchev–Trinajstić information content (AvgIpc) is 2.98. The Bertz CT molecular complexity index is 724. The van der Waals surface area contributed by atoms with Gasteiger partial charge in [0.1, 0.15) is 11.7 Å². The van der Waals surface area contributed by atoms with E-state index in [0.29, 0.717) is 17.9 Å². The van der Waals surface area contributed by atoms with Gasteiger partial charge in [-0.15, -0.1) is 0 Å². The molecule has 1 saturated heterocycles. The van der Waals surface area contributed by atoms with Crippen LogP contribution in [0.15, 0.2) is 11.6 Å². The van der Waals surface area contributed by atoms with Gasteiger partial charge in [-0.1, -0.05) is 11.3 Å². The maximum atomic E-state index is 11.7. The first-order valence-electron chi connectivity index (χ1n) is 6.56. The summed E-state index contributed by atoms with van der Waals surface area (Å²) in [5.74, 6) is -0.995. The molecule has 0 amide bonds. The van der Waals surface area contributed by atoms with E-state index in [0.717, 1.165) is 12.8 Å². The number of nitro groups is 1. The molecule has 21 heavy (non-hydrogen) atoms. The number of fused-ring (bicyclic) bond motifs is 1. The van der Waals surface area contributed by atoms with Gasteiger partial charge in [0, 0.05) is 11.9 Å². The molecular formula is C12H14N4O4S. The fraction of sp³-hybridized carbons (Fsp3) is 0.500. The van der Waals surface area contributed by atoms with Gasteiger partial charge in [-0.05, 0) is 31.1 Å². The van der Waals surface area contributed by atoms with Crippen LogP contribution < -0.4 is 4.90 Å². The maximum Gasteiger partial charge on any atom is 0.373 e. The van der Waals surface area contributed by atoms with Gasteiger partial charge in [0.05, 0.1) is 0 Å². The van der Waals surface area contributed by atoms with Crippen molar-refractivity contribution in [2.24, 2.45) is 0 Å².